The average molecular weight is 729 g/mol. The van der Waals surface area contributed by atoms with Crippen molar-refractivity contribution in [2.75, 3.05) is 14.2 Å². The molecule has 8 rings (SSSR count). The van der Waals surface area contributed by atoms with Gasteiger partial charge in [0, 0.05) is 40.1 Å². The number of ether oxygens (including phenoxy) is 2. The van der Waals surface area contributed by atoms with E-state index in [-0.39, 0.29) is 22.2 Å². The van der Waals surface area contributed by atoms with Gasteiger partial charge in [-0.25, -0.2) is 20.2 Å². The Morgan fingerprint density at radius 3 is 1.82 bits per heavy atom. The minimum absolute atomic E-state index is 0.0223. The summed E-state index contributed by atoms with van der Waals surface area (Å²) in [5.41, 5.74) is 6.02. The first kappa shape index (κ1) is 32.8. The van der Waals surface area contributed by atoms with Crippen LogP contribution in [0.25, 0.3) is 53.0 Å². The molecule has 4 aromatic rings. The monoisotopic (exact) mass is 728 g/mol. The number of hydrogen-bond donors (Lipinski definition) is 0. The molecule has 50 heavy (non-hydrogen) atoms. The second kappa shape index (κ2) is 12.7. The zero-order valence-electron chi connectivity index (χ0n) is 27.8. The highest BCUT2D eigenvalue weighted by Gasteiger charge is 2.55. The van der Waals surface area contributed by atoms with Crippen molar-refractivity contribution in [3.63, 3.8) is 0 Å². The maximum absolute atomic E-state index is 9.45. The van der Waals surface area contributed by atoms with E-state index in [9.17, 15) is 10.5 Å². The molecular formula is C40H32N4O2S4. The molecule has 0 aliphatic heterocycles. The van der Waals surface area contributed by atoms with Crippen LogP contribution in [0, 0.1) is 35.8 Å². The van der Waals surface area contributed by atoms with Gasteiger partial charge in [0.25, 0.3) is 11.4 Å². The summed E-state index contributed by atoms with van der Waals surface area (Å²) >= 11 is 7.04. The average Bonchev–Trinajstić information content (AvgIpc) is 3.99. The number of allylic oxidation sites excluding steroid dienone is 3. The van der Waals surface area contributed by atoms with Crippen LogP contribution in [0.4, 0.5) is 0 Å². The van der Waals surface area contributed by atoms with Crippen molar-refractivity contribution in [1.29, 1.82) is 10.5 Å². The van der Waals surface area contributed by atoms with E-state index in [0.717, 1.165) is 56.7 Å². The Labute approximate surface area is 308 Å². The molecule has 4 aliphatic carbocycles. The van der Waals surface area contributed by atoms with Crippen LogP contribution in [0.5, 0.6) is 11.5 Å². The van der Waals surface area contributed by atoms with Gasteiger partial charge in [0.2, 0.25) is 0 Å². The zero-order valence-corrected chi connectivity index (χ0v) is 31.0. The Morgan fingerprint density at radius 2 is 1.26 bits per heavy atom. The van der Waals surface area contributed by atoms with Gasteiger partial charge in [-0.05, 0) is 84.4 Å². The normalized spacial score (nSPS) is 18.4. The third-order valence-corrected chi connectivity index (χ3v) is 15.7. The molecular weight excluding hydrogens is 697 g/mol. The smallest absolute Gasteiger partial charge is 0.263 e. The van der Waals surface area contributed by atoms with Crippen molar-refractivity contribution in [3.05, 3.63) is 88.6 Å². The molecule has 4 aromatic heterocycles. The first-order chi connectivity index (χ1) is 24.4. The Balaban J connectivity index is 1.30. The lowest BCUT2D eigenvalue weighted by molar-refractivity contribution is 0.334. The number of methoxy groups -OCH3 is 2. The van der Waals surface area contributed by atoms with Crippen molar-refractivity contribution < 1.29 is 9.47 Å². The molecule has 0 radical (unpaired) electrons. The summed E-state index contributed by atoms with van der Waals surface area (Å²) in [7, 11) is 3.41. The predicted molar refractivity (Wildman–Crippen MR) is 205 cm³/mol. The zero-order chi connectivity index (χ0) is 34.6. The Morgan fingerprint density at radius 1 is 0.700 bits per heavy atom. The molecule has 6 nitrogen and oxygen atoms in total. The summed E-state index contributed by atoms with van der Waals surface area (Å²) in [4.78, 5) is 16.1. The number of thiophene rings is 4. The summed E-state index contributed by atoms with van der Waals surface area (Å²) in [6.45, 7) is 14.7. The molecule has 0 aromatic carbocycles. The lowest BCUT2D eigenvalue weighted by Gasteiger charge is -2.42. The Bertz CT molecular complexity index is 2290. The lowest BCUT2D eigenvalue weighted by atomic mass is 9.61. The van der Waals surface area contributed by atoms with Gasteiger partial charge in [-0.3, -0.25) is 0 Å². The maximum atomic E-state index is 9.45. The van der Waals surface area contributed by atoms with Gasteiger partial charge in [0.1, 0.15) is 11.5 Å². The minimum Gasteiger partial charge on any atom is -0.495 e. The molecule has 2 saturated carbocycles. The summed E-state index contributed by atoms with van der Waals surface area (Å²) in [5, 5.41) is 18.8. The van der Waals surface area contributed by atoms with Crippen molar-refractivity contribution >= 4 is 69.1 Å². The minimum atomic E-state index is -0.0877. The molecule has 0 N–H and O–H groups in total. The van der Waals surface area contributed by atoms with Crippen LogP contribution in [0.3, 0.4) is 0 Å². The lowest BCUT2D eigenvalue weighted by Crippen LogP contribution is -2.34. The number of nitriles is 2. The second-order valence-electron chi connectivity index (χ2n) is 13.3. The fraction of sp³-hybridized carbons (Fsp3) is 0.350. The number of hydrogen-bond acceptors (Lipinski definition) is 8. The SMILES string of the molecule is [C-]#[N+]/C(C#N)=C\c1cc(OC)c(C2=Cc3sc4c(c3C23CCCCC3)C2(CCCCC2)c2cc(-c3sc(/C=C(\C#N)[N+]#[C-])cc3OC)sc2-4)s1. The fourth-order valence-electron chi connectivity index (χ4n) is 8.88. The van der Waals surface area contributed by atoms with Gasteiger partial charge in [-0.1, -0.05) is 38.5 Å². The fourth-order valence-corrected chi connectivity index (χ4v) is 14.1. The van der Waals surface area contributed by atoms with Gasteiger partial charge < -0.3 is 9.47 Å². The van der Waals surface area contributed by atoms with E-state index in [1.54, 1.807) is 60.2 Å². The van der Waals surface area contributed by atoms with Crippen LogP contribution in [-0.4, -0.2) is 14.2 Å². The second-order valence-corrected chi connectivity index (χ2v) is 17.6. The van der Waals surface area contributed by atoms with E-state index in [0.29, 0.717) is 0 Å². The van der Waals surface area contributed by atoms with Crippen LogP contribution >= 0.6 is 45.3 Å². The van der Waals surface area contributed by atoms with Gasteiger partial charge >= 0.3 is 0 Å². The van der Waals surface area contributed by atoms with E-state index >= 15 is 0 Å². The van der Waals surface area contributed by atoms with E-state index in [2.05, 4.69) is 21.8 Å². The highest BCUT2D eigenvalue weighted by molar-refractivity contribution is 7.27. The van der Waals surface area contributed by atoms with Crippen LogP contribution < -0.4 is 9.47 Å². The van der Waals surface area contributed by atoms with Crippen LogP contribution in [0.2, 0.25) is 0 Å². The molecule has 248 valence electrons. The van der Waals surface area contributed by atoms with Crippen molar-refractivity contribution in [1.82, 2.24) is 0 Å². The summed E-state index contributed by atoms with van der Waals surface area (Å²) in [6.07, 6.45) is 17.6. The number of nitrogens with zero attached hydrogens (tertiary/aromatic N) is 4. The first-order valence-corrected chi connectivity index (χ1v) is 20.1. The topological polar surface area (TPSA) is 74.8 Å². The molecule has 0 saturated heterocycles. The van der Waals surface area contributed by atoms with Crippen LogP contribution in [0.1, 0.15) is 100 Å². The van der Waals surface area contributed by atoms with Crippen molar-refractivity contribution in [2.24, 2.45) is 0 Å². The van der Waals surface area contributed by atoms with E-state index < -0.39 is 0 Å². The molecule has 4 heterocycles. The van der Waals surface area contributed by atoms with Gasteiger partial charge in [0.15, 0.2) is 0 Å². The quantitative estimate of drug-likeness (QED) is 0.146. The molecule has 10 heteroatoms. The number of fused-ring (bicyclic) bond motifs is 8. The summed E-state index contributed by atoms with van der Waals surface area (Å²) in [5.74, 6) is 1.60. The number of rotatable bonds is 6. The molecule has 2 spiro atoms. The van der Waals surface area contributed by atoms with Gasteiger partial charge in [-0.2, -0.15) is 0 Å². The maximum Gasteiger partial charge on any atom is 0.263 e. The Kier molecular flexibility index (Phi) is 8.34. The van der Waals surface area contributed by atoms with E-state index in [1.165, 1.54) is 69.2 Å². The first-order valence-electron chi connectivity index (χ1n) is 16.8. The summed E-state index contributed by atoms with van der Waals surface area (Å²) in [6, 6.07) is 10.4. The third-order valence-electron chi connectivity index (χ3n) is 10.9. The van der Waals surface area contributed by atoms with Crippen molar-refractivity contribution in [3.8, 4) is 43.1 Å². The van der Waals surface area contributed by atoms with E-state index in [4.69, 9.17) is 22.6 Å². The van der Waals surface area contributed by atoms with Gasteiger partial charge in [0.05, 0.1) is 49.3 Å². The van der Waals surface area contributed by atoms with E-state index in [1.807, 2.05) is 46.9 Å². The van der Waals surface area contributed by atoms with Crippen LogP contribution in [-0.2, 0) is 10.8 Å². The summed E-state index contributed by atoms with van der Waals surface area (Å²) < 4.78 is 11.8. The largest absolute Gasteiger partial charge is 0.495 e. The highest BCUT2D eigenvalue weighted by atomic mass is 32.1. The van der Waals surface area contributed by atoms with Crippen molar-refractivity contribution in [2.45, 2.75) is 75.0 Å². The Hall–Kier alpha value is -4.42. The molecule has 2 fully saturated rings. The third kappa shape index (κ3) is 4.85. The molecule has 0 bridgehead atoms. The highest BCUT2D eigenvalue weighted by Crippen LogP contribution is 2.69. The molecule has 0 unspecified atom stereocenters. The standard InChI is InChI=1S/C40H32N4O2S4/c1-43-23(21-41)15-25-17-29(45-3)35(47-25)27-19-31-33(39(27)11-7-5-8-12-39)34-38(49-31)36-28(40(34)13-9-6-10-14-40)20-32(50-36)37-30(46-4)18-26(48-37)16-24(22-42)44-2/h15-20H,5-14H2,3-4H3/b23-15-,24-16+. The molecule has 4 aliphatic rings. The van der Waals surface area contributed by atoms with Crippen LogP contribution in [0.15, 0.2) is 29.6 Å². The predicted octanol–water partition coefficient (Wildman–Crippen LogP) is 12.2. The molecule has 0 atom stereocenters. The van der Waals surface area contributed by atoms with Gasteiger partial charge in [-0.15, -0.1) is 45.3 Å². The molecule has 0 amide bonds.